The lowest BCUT2D eigenvalue weighted by atomic mass is 9.97. The minimum absolute atomic E-state index is 0. The molecular weight excluding hydrogens is 316 g/mol. The monoisotopic (exact) mass is 342 g/mol. The maximum Gasteiger partial charge on any atom is 0.251 e. The molecule has 0 bridgehead atoms. The minimum Gasteiger partial charge on any atom is -0.493 e. The molecule has 0 saturated heterocycles. The third kappa shape index (κ3) is 5.68. The summed E-state index contributed by atoms with van der Waals surface area (Å²) in [6.07, 6.45) is 4.99. The maximum atomic E-state index is 12.5. The number of halogens is 1. The first kappa shape index (κ1) is 19.7. The summed E-state index contributed by atoms with van der Waals surface area (Å²) in [4.78, 5) is 12.5. The number of carbonyl (C=O) groups is 1. The molecule has 0 aliphatic heterocycles. The van der Waals surface area contributed by atoms with Crippen molar-refractivity contribution in [3.05, 3.63) is 29.8 Å². The molecule has 1 amide bonds. The van der Waals surface area contributed by atoms with Crippen molar-refractivity contribution >= 4 is 18.3 Å². The molecule has 2 rings (SSSR count). The second kappa shape index (κ2) is 9.75. The number of ether oxygens (including phenoxy) is 2. The fraction of sp³-hybridized carbons (Fsp3) is 0.588. The van der Waals surface area contributed by atoms with Gasteiger partial charge in [0.15, 0.2) is 0 Å². The second-order valence-electron chi connectivity index (χ2n) is 5.87. The van der Waals surface area contributed by atoms with Gasteiger partial charge in [0, 0.05) is 32.2 Å². The molecule has 0 spiro atoms. The molecule has 23 heavy (non-hydrogen) atoms. The molecule has 1 aliphatic carbocycles. The molecule has 0 atom stereocenters. The predicted molar refractivity (Wildman–Crippen MR) is 93.4 cm³/mol. The molecule has 6 heteroatoms. The van der Waals surface area contributed by atoms with Gasteiger partial charge >= 0.3 is 0 Å². The second-order valence-corrected chi connectivity index (χ2v) is 5.87. The van der Waals surface area contributed by atoms with Gasteiger partial charge in [-0.05, 0) is 31.0 Å². The van der Waals surface area contributed by atoms with E-state index in [-0.39, 0.29) is 23.9 Å². The number of hydrogen-bond donors (Lipinski definition) is 2. The largest absolute Gasteiger partial charge is 0.493 e. The number of amides is 1. The highest BCUT2D eigenvalue weighted by molar-refractivity contribution is 5.95. The standard InChI is InChI=1S/C17H26N2O3.ClH/c1-21-10-5-11-22-15-7-4-6-14(12-15)16(20)19-17(13-18)8-2-3-9-17;/h4,6-7,12H,2-3,5,8-11,13,18H2,1H3,(H,19,20);1H. The fourth-order valence-electron chi connectivity index (χ4n) is 2.87. The molecule has 130 valence electrons. The average molecular weight is 343 g/mol. The van der Waals surface area contributed by atoms with Crippen LogP contribution in [0.3, 0.4) is 0 Å². The zero-order chi connectivity index (χ0) is 15.8. The van der Waals surface area contributed by atoms with Gasteiger partial charge in [0.2, 0.25) is 0 Å². The smallest absolute Gasteiger partial charge is 0.251 e. The van der Waals surface area contributed by atoms with Gasteiger partial charge in [0.1, 0.15) is 5.75 Å². The molecule has 0 heterocycles. The van der Waals surface area contributed by atoms with Crippen LogP contribution in [0.2, 0.25) is 0 Å². The van der Waals surface area contributed by atoms with Crippen molar-refractivity contribution in [2.45, 2.75) is 37.6 Å². The van der Waals surface area contributed by atoms with Crippen molar-refractivity contribution in [3.63, 3.8) is 0 Å². The molecule has 5 nitrogen and oxygen atoms in total. The zero-order valence-electron chi connectivity index (χ0n) is 13.7. The Morgan fingerprint density at radius 2 is 2.04 bits per heavy atom. The number of nitrogens with two attached hydrogens (primary N) is 1. The van der Waals surface area contributed by atoms with Crippen LogP contribution in [0, 0.1) is 0 Å². The molecule has 1 aromatic carbocycles. The van der Waals surface area contributed by atoms with Crippen molar-refractivity contribution in [1.29, 1.82) is 0 Å². The molecule has 1 aliphatic rings. The molecule has 1 aromatic rings. The normalized spacial score (nSPS) is 15.7. The summed E-state index contributed by atoms with van der Waals surface area (Å²) in [7, 11) is 1.67. The third-order valence-electron chi connectivity index (χ3n) is 4.19. The highest BCUT2D eigenvalue weighted by Crippen LogP contribution is 2.29. The Bertz CT molecular complexity index is 490. The van der Waals surface area contributed by atoms with Gasteiger partial charge in [-0.3, -0.25) is 4.79 Å². The number of nitrogens with one attached hydrogen (secondary N) is 1. The fourth-order valence-corrected chi connectivity index (χ4v) is 2.87. The molecule has 0 aromatic heterocycles. The first-order valence-corrected chi connectivity index (χ1v) is 7.93. The molecular formula is C17H27ClN2O3. The Labute approximate surface area is 144 Å². The summed E-state index contributed by atoms with van der Waals surface area (Å²) < 4.78 is 10.6. The molecule has 1 saturated carbocycles. The molecule has 1 fully saturated rings. The predicted octanol–water partition coefficient (Wildman–Crippen LogP) is 2.53. The van der Waals surface area contributed by atoms with E-state index < -0.39 is 0 Å². The Kier molecular flexibility index (Phi) is 8.37. The molecule has 0 unspecified atom stereocenters. The van der Waals surface area contributed by atoms with Crippen LogP contribution < -0.4 is 15.8 Å². The van der Waals surface area contributed by atoms with Crippen LogP contribution in [-0.4, -0.2) is 38.3 Å². The minimum atomic E-state index is -0.230. The lowest BCUT2D eigenvalue weighted by Gasteiger charge is -2.28. The van der Waals surface area contributed by atoms with Crippen LogP contribution in [0.15, 0.2) is 24.3 Å². The number of rotatable bonds is 8. The lowest BCUT2D eigenvalue weighted by molar-refractivity contribution is 0.0902. The maximum absolute atomic E-state index is 12.5. The van der Waals surface area contributed by atoms with Crippen molar-refractivity contribution in [2.75, 3.05) is 26.9 Å². The summed E-state index contributed by atoms with van der Waals surface area (Å²) in [6.45, 7) is 1.73. The van der Waals surface area contributed by atoms with E-state index in [0.717, 1.165) is 32.1 Å². The van der Waals surface area contributed by atoms with E-state index in [4.69, 9.17) is 15.2 Å². The Morgan fingerprint density at radius 1 is 1.30 bits per heavy atom. The van der Waals surface area contributed by atoms with Crippen LogP contribution in [0.25, 0.3) is 0 Å². The number of hydrogen-bond acceptors (Lipinski definition) is 4. The van der Waals surface area contributed by atoms with E-state index in [1.165, 1.54) is 0 Å². The van der Waals surface area contributed by atoms with E-state index >= 15 is 0 Å². The van der Waals surface area contributed by atoms with Crippen LogP contribution in [0.4, 0.5) is 0 Å². The Hall–Kier alpha value is -1.30. The van der Waals surface area contributed by atoms with Crippen LogP contribution >= 0.6 is 12.4 Å². The third-order valence-corrected chi connectivity index (χ3v) is 4.19. The summed E-state index contributed by atoms with van der Waals surface area (Å²) in [5, 5.41) is 3.12. The van der Waals surface area contributed by atoms with E-state index in [1.807, 2.05) is 12.1 Å². The van der Waals surface area contributed by atoms with Gasteiger partial charge < -0.3 is 20.5 Å². The first-order valence-electron chi connectivity index (χ1n) is 7.93. The van der Waals surface area contributed by atoms with Crippen molar-refractivity contribution in [3.8, 4) is 5.75 Å². The zero-order valence-corrected chi connectivity index (χ0v) is 14.5. The van der Waals surface area contributed by atoms with Crippen molar-refractivity contribution < 1.29 is 14.3 Å². The number of methoxy groups -OCH3 is 1. The highest BCUT2D eigenvalue weighted by atomic mass is 35.5. The Morgan fingerprint density at radius 3 is 2.70 bits per heavy atom. The van der Waals surface area contributed by atoms with Gasteiger partial charge in [-0.2, -0.15) is 0 Å². The van der Waals surface area contributed by atoms with Crippen LogP contribution in [0.1, 0.15) is 42.5 Å². The van der Waals surface area contributed by atoms with E-state index in [0.29, 0.717) is 31.1 Å². The summed E-state index contributed by atoms with van der Waals surface area (Å²) in [5.41, 5.74) is 6.25. The molecule has 3 N–H and O–H groups in total. The molecule has 0 radical (unpaired) electrons. The van der Waals surface area contributed by atoms with Gasteiger partial charge in [-0.15, -0.1) is 12.4 Å². The van der Waals surface area contributed by atoms with Crippen molar-refractivity contribution in [2.24, 2.45) is 5.73 Å². The van der Waals surface area contributed by atoms with Crippen LogP contribution in [0.5, 0.6) is 5.75 Å². The summed E-state index contributed by atoms with van der Waals surface area (Å²) in [5.74, 6) is 0.631. The lowest BCUT2D eigenvalue weighted by Crippen LogP contribution is -2.51. The Balaban J connectivity index is 0.00000264. The van der Waals surface area contributed by atoms with Crippen molar-refractivity contribution in [1.82, 2.24) is 5.32 Å². The van der Waals surface area contributed by atoms with Gasteiger partial charge in [-0.25, -0.2) is 0 Å². The topological polar surface area (TPSA) is 73.6 Å². The SMILES string of the molecule is COCCCOc1cccc(C(=O)NC2(CN)CCCC2)c1.Cl. The van der Waals surface area contributed by atoms with E-state index in [9.17, 15) is 4.79 Å². The van der Waals surface area contributed by atoms with E-state index in [2.05, 4.69) is 5.32 Å². The quantitative estimate of drug-likeness (QED) is 0.712. The van der Waals surface area contributed by atoms with E-state index in [1.54, 1.807) is 19.2 Å². The first-order chi connectivity index (χ1) is 10.7. The number of carbonyl (C=O) groups excluding carboxylic acids is 1. The summed E-state index contributed by atoms with van der Waals surface area (Å²) in [6, 6.07) is 7.28. The van der Waals surface area contributed by atoms with Gasteiger partial charge in [0.25, 0.3) is 5.91 Å². The van der Waals surface area contributed by atoms with Gasteiger partial charge in [0.05, 0.1) is 12.1 Å². The highest BCUT2D eigenvalue weighted by Gasteiger charge is 2.34. The number of benzene rings is 1. The van der Waals surface area contributed by atoms with Crippen LogP contribution in [-0.2, 0) is 4.74 Å². The summed E-state index contributed by atoms with van der Waals surface area (Å²) >= 11 is 0. The average Bonchev–Trinajstić information content (AvgIpc) is 3.01. The van der Waals surface area contributed by atoms with Gasteiger partial charge in [-0.1, -0.05) is 18.9 Å².